The number of hydrogen-bond donors (Lipinski definition) is 1. The molecule has 0 radical (unpaired) electrons. The van der Waals surface area contributed by atoms with Crippen LogP contribution in [0.1, 0.15) is 36.7 Å². The third-order valence-corrected chi connectivity index (χ3v) is 3.39. The number of amides is 1. The number of carbonyl (C=O) groups excluding carboxylic acids is 4. The maximum Gasteiger partial charge on any atom is 0.373 e. The first-order valence-corrected chi connectivity index (χ1v) is 6.94. The lowest BCUT2D eigenvalue weighted by Crippen LogP contribution is -2.13. The molecule has 0 atom stereocenters. The molecule has 0 aromatic heterocycles. The van der Waals surface area contributed by atoms with Crippen LogP contribution in [0.15, 0.2) is 35.4 Å². The van der Waals surface area contributed by atoms with Crippen molar-refractivity contribution < 1.29 is 23.9 Å². The Labute approximate surface area is 135 Å². The molecule has 1 amide bonds. The highest BCUT2D eigenvalue weighted by Gasteiger charge is 2.16. The van der Waals surface area contributed by atoms with Gasteiger partial charge in [0.2, 0.25) is 5.91 Å². The molecule has 6 nitrogen and oxygen atoms in total. The maximum absolute atomic E-state index is 11.9. The fourth-order valence-corrected chi connectivity index (χ4v) is 1.84. The molecule has 0 aliphatic heterocycles. The summed E-state index contributed by atoms with van der Waals surface area (Å²) in [6.07, 6.45) is 0.732. The van der Waals surface area contributed by atoms with Crippen LogP contribution in [0, 0.1) is 5.92 Å². The van der Waals surface area contributed by atoms with Gasteiger partial charge >= 0.3 is 12.1 Å². The minimum absolute atomic E-state index is 0.250. The van der Waals surface area contributed by atoms with Crippen LogP contribution in [0.3, 0.4) is 0 Å². The summed E-state index contributed by atoms with van der Waals surface area (Å²) in [5.41, 5.74) is 8.27. The number of nitrogens with two attached hydrogens (primary N) is 1. The van der Waals surface area contributed by atoms with Crippen LogP contribution in [-0.2, 0) is 25.5 Å². The summed E-state index contributed by atoms with van der Waals surface area (Å²) < 4.78 is 4.85. The third kappa shape index (κ3) is 6.72. The third-order valence-electron chi connectivity index (χ3n) is 3.39. The average Bonchev–Trinajstić information content (AvgIpc) is 2.52. The van der Waals surface area contributed by atoms with Gasteiger partial charge in [-0.05, 0) is 30.5 Å². The van der Waals surface area contributed by atoms with Gasteiger partial charge in [0.1, 0.15) is 0 Å². The van der Waals surface area contributed by atoms with E-state index in [1.165, 1.54) is 7.11 Å². The van der Waals surface area contributed by atoms with E-state index in [9.17, 15) is 9.59 Å². The monoisotopic (exact) mass is 319 g/mol. The summed E-state index contributed by atoms with van der Waals surface area (Å²) >= 11 is 0. The van der Waals surface area contributed by atoms with Crippen molar-refractivity contribution in [2.24, 2.45) is 11.7 Å². The molecule has 23 heavy (non-hydrogen) atoms. The Morgan fingerprint density at radius 2 is 1.65 bits per heavy atom. The molecule has 0 bridgehead atoms. The summed E-state index contributed by atoms with van der Waals surface area (Å²) in [7, 11) is 1.38. The highest BCUT2D eigenvalue weighted by atomic mass is 16.5. The van der Waals surface area contributed by atoms with Gasteiger partial charge in [0.15, 0.2) is 0 Å². The molecule has 2 N–H and O–H groups in total. The van der Waals surface area contributed by atoms with Crippen molar-refractivity contribution in [1.29, 1.82) is 0 Å². The number of rotatable bonds is 5. The van der Waals surface area contributed by atoms with Crippen LogP contribution in [0.2, 0.25) is 0 Å². The van der Waals surface area contributed by atoms with Crippen LogP contribution >= 0.6 is 0 Å². The SMILES string of the molecule is COC(=O)/C(Cc1ccc(C(N)=O)cc1)=C(\C)C(C)C.O=C=O. The Kier molecular flexibility index (Phi) is 8.89. The number of carbonyl (C=O) groups is 2. The summed E-state index contributed by atoms with van der Waals surface area (Å²) in [5.74, 6) is -0.497. The van der Waals surface area contributed by atoms with E-state index in [4.69, 9.17) is 20.1 Å². The second kappa shape index (κ2) is 10.1. The first kappa shape index (κ1) is 20.3. The lowest BCUT2D eigenvalue weighted by atomic mass is 9.94. The van der Waals surface area contributed by atoms with Crippen LogP contribution < -0.4 is 5.73 Å². The highest BCUT2D eigenvalue weighted by molar-refractivity contribution is 5.93. The van der Waals surface area contributed by atoms with E-state index in [-0.39, 0.29) is 18.0 Å². The zero-order valence-electron chi connectivity index (χ0n) is 13.7. The summed E-state index contributed by atoms with van der Waals surface area (Å²) in [6, 6.07) is 6.93. The minimum Gasteiger partial charge on any atom is -0.466 e. The molecule has 6 heteroatoms. The summed E-state index contributed by atoms with van der Waals surface area (Å²) in [4.78, 5) is 39.2. The molecule has 0 spiro atoms. The van der Waals surface area contributed by atoms with Crippen molar-refractivity contribution in [2.75, 3.05) is 7.11 Å². The Hall–Kier alpha value is -2.72. The predicted molar refractivity (Wildman–Crippen MR) is 83.2 cm³/mol. The summed E-state index contributed by atoms with van der Waals surface area (Å²) in [6.45, 7) is 6.01. The van der Waals surface area contributed by atoms with Crippen LogP contribution in [0.25, 0.3) is 0 Å². The van der Waals surface area contributed by atoms with Gasteiger partial charge < -0.3 is 10.5 Å². The molecule has 0 fully saturated rings. The van der Waals surface area contributed by atoms with Gasteiger partial charge in [0.05, 0.1) is 7.11 Å². The molecule has 0 saturated carbocycles. The Bertz CT molecular complexity index is 608. The molecular weight excluding hydrogens is 298 g/mol. The first-order chi connectivity index (χ1) is 10.8. The van der Waals surface area contributed by atoms with Gasteiger partial charge in [0.25, 0.3) is 0 Å². The van der Waals surface area contributed by atoms with Gasteiger partial charge in [-0.1, -0.05) is 31.6 Å². The molecule has 0 saturated heterocycles. The number of benzene rings is 1. The zero-order valence-corrected chi connectivity index (χ0v) is 13.7. The molecule has 0 heterocycles. The minimum atomic E-state index is -0.460. The lowest BCUT2D eigenvalue weighted by Gasteiger charge is -2.13. The van der Waals surface area contributed by atoms with Gasteiger partial charge in [0, 0.05) is 17.6 Å². The van der Waals surface area contributed by atoms with Gasteiger partial charge in [-0.15, -0.1) is 0 Å². The van der Waals surface area contributed by atoms with E-state index in [1.54, 1.807) is 24.3 Å². The number of esters is 1. The molecule has 124 valence electrons. The molecule has 1 aromatic rings. The van der Waals surface area contributed by atoms with Crippen LogP contribution in [0.4, 0.5) is 0 Å². The molecule has 1 aromatic carbocycles. The van der Waals surface area contributed by atoms with Gasteiger partial charge in [-0.3, -0.25) is 4.79 Å². The maximum atomic E-state index is 11.9. The molecule has 1 rings (SSSR count). The van der Waals surface area contributed by atoms with Crippen molar-refractivity contribution in [3.8, 4) is 0 Å². The quantitative estimate of drug-likeness (QED) is 0.659. The van der Waals surface area contributed by atoms with E-state index in [1.807, 2.05) is 20.8 Å². The lowest BCUT2D eigenvalue weighted by molar-refractivity contribution is -0.191. The van der Waals surface area contributed by atoms with E-state index >= 15 is 0 Å². The van der Waals surface area contributed by atoms with Crippen molar-refractivity contribution in [3.63, 3.8) is 0 Å². The van der Waals surface area contributed by atoms with Crippen molar-refractivity contribution in [1.82, 2.24) is 0 Å². The Morgan fingerprint density at radius 3 is 2.00 bits per heavy atom. The first-order valence-electron chi connectivity index (χ1n) is 6.94. The van der Waals surface area contributed by atoms with E-state index in [0.717, 1.165) is 11.1 Å². The second-order valence-corrected chi connectivity index (χ2v) is 5.13. The molecule has 0 aliphatic carbocycles. The average molecular weight is 319 g/mol. The van der Waals surface area contributed by atoms with Gasteiger partial charge in [-0.25, -0.2) is 4.79 Å². The number of hydrogen-bond acceptors (Lipinski definition) is 5. The number of methoxy groups -OCH3 is 1. The second-order valence-electron chi connectivity index (χ2n) is 5.13. The number of primary amides is 1. The van der Waals surface area contributed by atoms with Crippen molar-refractivity contribution >= 4 is 18.0 Å². The number of allylic oxidation sites excluding steroid dienone is 1. The smallest absolute Gasteiger partial charge is 0.373 e. The Balaban J connectivity index is 0.00000149. The van der Waals surface area contributed by atoms with Crippen molar-refractivity contribution in [2.45, 2.75) is 27.2 Å². The normalized spacial score (nSPS) is 10.8. The number of ether oxygens (including phenoxy) is 1. The van der Waals surface area contributed by atoms with Crippen molar-refractivity contribution in [3.05, 3.63) is 46.5 Å². The topological polar surface area (TPSA) is 104 Å². The predicted octanol–water partition coefficient (Wildman–Crippen LogP) is 1.89. The zero-order chi connectivity index (χ0) is 18.0. The van der Waals surface area contributed by atoms with Crippen LogP contribution in [0.5, 0.6) is 0 Å². The molecular formula is C17H21NO5. The van der Waals surface area contributed by atoms with E-state index in [0.29, 0.717) is 17.6 Å². The van der Waals surface area contributed by atoms with Gasteiger partial charge in [-0.2, -0.15) is 9.59 Å². The summed E-state index contributed by atoms with van der Waals surface area (Å²) in [5, 5.41) is 0. The standard InChI is InChI=1S/C16H21NO3.CO2/c1-10(2)11(3)14(16(19)20-4)9-12-5-7-13(8-6-12)15(17)18;2-1-3/h5-8,10H,9H2,1-4H3,(H2,17,18);/b14-11+;. The highest BCUT2D eigenvalue weighted by Crippen LogP contribution is 2.20. The van der Waals surface area contributed by atoms with E-state index in [2.05, 4.69) is 0 Å². The fourth-order valence-electron chi connectivity index (χ4n) is 1.84. The molecule has 0 unspecified atom stereocenters. The molecule has 0 aliphatic rings. The Morgan fingerprint density at radius 1 is 1.17 bits per heavy atom. The fraction of sp³-hybridized carbons (Fsp3) is 0.353. The van der Waals surface area contributed by atoms with Crippen LogP contribution in [-0.4, -0.2) is 25.1 Å². The largest absolute Gasteiger partial charge is 0.466 e. The van der Waals surface area contributed by atoms with E-state index < -0.39 is 5.91 Å².